The summed E-state index contributed by atoms with van der Waals surface area (Å²) >= 11 is 0. The molecule has 0 aromatic heterocycles. The maximum absolute atomic E-state index is 11.9. The number of anilines is 1. The monoisotopic (exact) mass is 278 g/mol. The molecule has 2 amide bonds. The smallest absolute Gasteiger partial charge is 0.329 e. The number of carbonyl (C=O) groups is 2. The van der Waals surface area contributed by atoms with E-state index in [1.165, 1.54) is 0 Å². The number of rotatable bonds is 4. The first-order valence-corrected chi connectivity index (χ1v) is 6.36. The lowest BCUT2D eigenvalue weighted by molar-refractivity contribution is -0.159. The van der Waals surface area contributed by atoms with Crippen LogP contribution in [0.2, 0.25) is 0 Å². The van der Waals surface area contributed by atoms with Crippen molar-refractivity contribution in [2.24, 2.45) is 0 Å². The highest BCUT2D eigenvalue weighted by atomic mass is 16.5. The third-order valence-electron chi connectivity index (χ3n) is 3.18. The first kappa shape index (κ1) is 14.3. The maximum atomic E-state index is 11.9. The number of urea groups is 1. The number of ether oxygens (including phenoxy) is 1. The predicted molar refractivity (Wildman–Crippen MR) is 73.8 cm³/mol. The van der Waals surface area contributed by atoms with Gasteiger partial charge in [-0.2, -0.15) is 0 Å². The van der Waals surface area contributed by atoms with E-state index in [0.29, 0.717) is 13.1 Å². The fourth-order valence-corrected chi connectivity index (χ4v) is 2.07. The Morgan fingerprint density at radius 1 is 1.35 bits per heavy atom. The van der Waals surface area contributed by atoms with Crippen LogP contribution in [0.5, 0.6) is 0 Å². The number of hydrogen-bond donors (Lipinski definition) is 2. The summed E-state index contributed by atoms with van der Waals surface area (Å²) in [6, 6.07) is 7.32. The van der Waals surface area contributed by atoms with Gasteiger partial charge in [0.15, 0.2) is 0 Å². The van der Waals surface area contributed by atoms with Gasteiger partial charge in [-0.25, -0.2) is 9.59 Å². The number of likely N-dealkylation sites (tertiary alicyclic amines) is 1. The molecule has 20 heavy (non-hydrogen) atoms. The van der Waals surface area contributed by atoms with Gasteiger partial charge in [-0.1, -0.05) is 17.7 Å². The van der Waals surface area contributed by atoms with E-state index in [2.05, 4.69) is 5.32 Å². The van der Waals surface area contributed by atoms with Gasteiger partial charge in [0.25, 0.3) is 0 Å². The van der Waals surface area contributed by atoms with E-state index >= 15 is 0 Å². The molecule has 1 fully saturated rings. The first-order valence-electron chi connectivity index (χ1n) is 6.36. The molecule has 0 spiro atoms. The molecule has 0 unspecified atom stereocenters. The Morgan fingerprint density at radius 3 is 2.50 bits per heavy atom. The van der Waals surface area contributed by atoms with Crippen LogP contribution in [0.3, 0.4) is 0 Å². The molecular weight excluding hydrogens is 260 g/mol. The van der Waals surface area contributed by atoms with Gasteiger partial charge in [0.2, 0.25) is 0 Å². The van der Waals surface area contributed by atoms with Gasteiger partial charge in [0, 0.05) is 5.69 Å². The molecule has 1 aromatic carbocycles. The summed E-state index contributed by atoms with van der Waals surface area (Å²) in [4.78, 5) is 24.0. The van der Waals surface area contributed by atoms with Crippen LogP contribution >= 0.6 is 0 Å². The molecule has 0 radical (unpaired) electrons. The van der Waals surface area contributed by atoms with Crippen LogP contribution in [0, 0.1) is 6.92 Å². The van der Waals surface area contributed by atoms with Crippen LogP contribution in [0.15, 0.2) is 24.3 Å². The van der Waals surface area contributed by atoms with Crippen LogP contribution in [0.1, 0.15) is 12.5 Å². The summed E-state index contributed by atoms with van der Waals surface area (Å²) in [5, 5.41) is 11.4. The molecule has 0 saturated carbocycles. The lowest BCUT2D eigenvalue weighted by Crippen LogP contribution is -2.64. The van der Waals surface area contributed by atoms with Crippen LogP contribution in [-0.4, -0.2) is 47.3 Å². The summed E-state index contributed by atoms with van der Waals surface area (Å²) < 4.78 is 5.25. The number of aryl methyl sites for hydroxylation is 1. The Bertz CT molecular complexity index is 506. The molecular formula is C14H18N2O4. The molecule has 1 aromatic rings. The Hall–Kier alpha value is -2.08. The van der Waals surface area contributed by atoms with Crippen LogP contribution in [0.25, 0.3) is 0 Å². The Kier molecular flexibility index (Phi) is 3.94. The summed E-state index contributed by atoms with van der Waals surface area (Å²) in [7, 11) is 0. The number of benzene rings is 1. The Balaban J connectivity index is 1.81. The van der Waals surface area contributed by atoms with Crippen molar-refractivity contribution in [2.75, 3.05) is 25.0 Å². The van der Waals surface area contributed by atoms with Crippen molar-refractivity contribution >= 4 is 17.7 Å². The van der Waals surface area contributed by atoms with Gasteiger partial charge >= 0.3 is 12.0 Å². The first-order chi connectivity index (χ1) is 9.38. The van der Waals surface area contributed by atoms with Crippen molar-refractivity contribution in [3.8, 4) is 0 Å². The number of aliphatic carboxylic acids is 1. The summed E-state index contributed by atoms with van der Waals surface area (Å²) in [5.74, 6) is -1.01. The standard InChI is InChI=1S/C14H18N2O4/c1-10-3-5-11(6-4-10)15-13(19)16-8-14(2,9-16)20-7-12(17)18/h3-6H,7-9H2,1-2H3,(H,15,19)(H,17,18). The average Bonchev–Trinajstić information content (AvgIpc) is 2.35. The van der Waals surface area contributed by atoms with E-state index in [1.54, 1.807) is 11.8 Å². The van der Waals surface area contributed by atoms with E-state index < -0.39 is 11.6 Å². The van der Waals surface area contributed by atoms with E-state index in [1.807, 2.05) is 31.2 Å². The number of amides is 2. The molecule has 0 atom stereocenters. The molecule has 1 saturated heterocycles. The van der Waals surface area contributed by atoms with Gasteiger partial charge in [-0.3, -0.25) is 0 Å². The van der Waals surface area contributed by atoms with Crippen molar-refractivity contribution < 1.29 is 19.4 Å². The number of nitrogens with zero attached hydrogens (tertiary/aromatic N) is 1. The van der Waals surface area contributed by atoms with Crippen molar-refractivity contribution in [1.29, 1.82) is 0 Å². The number of hydrogen-bond acceptors (Lipinski definition) is 3. The molecule has 1 heterocycles. The predicted octanol–water partition coefficient (Wildman–Crippen LogP) is 1.70. The summed E-state index contributed by atoms with van der Waals surface area (Å²) in [6.07, 6.45) is 0. The van der Waals surface area contributed by atoms with Crippen LogP contribution in [-0.2, 0) is 9.53 Å². The van der Waals surface area contributed by atoms with E-state index in [9.17, 15) is 9.59 Å². The minimum atomic E-state index is -1.01. The molecule has 2 rings (SSSR count). The van der Waals surface area contributed by atoms with Gasteiger partial charge in [0.1, 0.15) is 12.2 Å². The van der Waals surface area contributed by atoms with Crippen LogP contribution < -0.4 is 5.32 Å². The zero-order valence-corrected chi connectivity index (χ0v) is 11.5. The second-order valence-corrected chi connectivity index (χ2v) is 5.28. The molecule has 6 nitrogen and oxygen atoms in total. The third kappa shape index (κ3) is 3.48. The topological polar surface area (TPSA) is 78.9 Å². The minimum Gasteiger partial charge on any atom is -0.480 e. The van der Waals surface area contributed by atoms with E-state index in [4.69, 9.17) is 9.84 Å². The highest BCUT2D eigenvalue weighted by Crippen LogP contribution is 2.25. The van der Waals surface area contributed by atoms with Gasteiger partial charge in [-0.05, 0) is 26.0 Å². The third-order valence-corrected chi connectivity index (χ3v) is 3.18. The number of carboxylic acids is 1. The number of nitrogens with one attached hydrogen (secondary N) is 1. The lowest BCUT2D eigenvalue weighted by Gasteiger charge is -2.46. The fraction of sp³-hybridized carbons (Fsp3) is 0.429. The van der Waals surface area contributed by atoms with E-state index in [0.717, 1.165) is 11.3 Å². The Morgan fingerprint density at radius 2 is 1.95 bits per heavy atom. The second-order valence-electron chi connectivity index (χ2n) is 5.28. The molecule has 6 heteroatoms. The molecule has 2 N–H and O–H groups in total. The lowest BCUT2D eigenvalue weighted by atomic mass is 9.97. The number of carbonyl (C=O) groups excluding carboxylic acids is 1. The largest absolute Gasteiger partial charge is 0.480 e. The van der Waals surface area contributed by atoms with Gasteiger partial charge in [-0.15, -0.1) is 0 Å². The SMILES string of the molecule is Cc1ccc(NC(=O)N2CC(C)(OCC(=O)O)C2)cc1. The van der Waals surface area contributed by atoms with Gasteiger partial charge in [0.05, 0.1) is 13.1 Å². The fourth-order valence-electron chi connectivity index (χ4n) is 2.07. The zero-order valence-electron chi connectivity index (χ0n) is 11.5. The van der Waals surface area contributed by atoms with Crippen molar-refractivity contribution in [1.82, 2.24) is 4.90 Å². The average molecular weight is 278 g/mol. The molecule has 0 aliphatic carbocycles. The second kappa shape index (κ2) is 5.50. The van der Waals surface area contributed by atoms with Crippen molar-refractivity contribution in [3.05, 3.63) is 29.8 Å². The molecule has 1 aliphatic rings. The summed E-state index contributed by atoms with van der Waals surface area (Å²) in [6.45, 7) is 4.21. The van der Waals surface area contributed by atoms with Gasteiger partial charge < -0.3 is 20.1 Å². The number of carboxylic acid groups (broad SMARTS) is 1. The minimum absolute atomic E-state index is 0.203. The summed E-state index contributed by atoms with van der Waals surface area (Å²) in [5.41, 5.74) is 1.30. The molecule has 0 bridgehead atoms. The highest BCUT2D eigenvalue weighted by Gasteiger charge is 2.42. The zero-order chi connectivity index (χ0) is 14.8. The highest BCUT2D eigenvalue weighted by molar-refractivity contribution is 5.90. The maximum Gasteiger partial charge on any atom is 0.329 e. The van der Waals surface area contributed by atoms with Crippen LogP contribution in [0.4, 0.5) is 10.5 Å². The molecule has 108 valence electrons. The van der Waals surface area contributed by atoms with E-state index in [-0.39, 0.29) is 12.6 Å². The normalized spacial score (nSPS) is 16.4. The quantitative estimate of drug-likeness (QED) is 0.878. The van der Waals surface area contributed by atoms with Crippen molar-refractivity contribution in [3.63, 3.8) is 0 Å². The van der Waals surface area contributed by atoms with Crippen molar-refractivity contribution in [2.45, 2.75) is 19.4 Å². The molecule has 1 aliphatic heterocycles. The Labute approximate surface area is 117 Å².